The van der Waals surface area contributed by atoms with Crippen LogP contribution in [0.15, 0.2) is 60.7 Å². The first kappa shape index (κ1) is 32.6. The Morgan fingerprint density at radius 3 is 1.70 bits per heavy atom. The number of ether oxygens (including phenoxy) is 2. The summed E-state index contributed by atoms with van der Waals surface area (Å²) in [6.07, 6.45) is -1.30. The first-order chi connectivity index (χ1) is 21.3. The van der Waals surface area contributed by atoms with E-state index in [9.17, 15) is 9.90 Å². The van der Waals surface area contributed by atoms with Gasteiger partial charge in [-0.1, -0.05) is 48.5 Å². The van der Waals surface area contributed by atoms with Crippen molar-refractivity contribution in [3.8, 4) is 45.4 Å². The number of aliphatic hydroxyl groups excluding tert-OH is 2. The molecular formula is C34H40N4O6. The number of nitrogens with zero attached hydrogens (tertiary/aromatic N) is 2. The monoisotopic (exact) mass is 600 g/mol. The second-order valence-corrected chi connectivity index (χ2v) is 10.5. The van der Waals surface area contributed by atoms with Gasteiger partial charge in [-0.3, -0.25) is 4.79 Å². The van der Waals surface area contributed by atoms with Crippen LogP contribution in [-0.2, 0) is 17.9 Å². The third-order valence-corrected chi connectivity index (χ3v) is 7.48. The van der Waals surface area contributed by atoms with E-state index in [0.717, 1.165) is 55.9 Å². The van der Waals surface area contributed by atoms with E-state index in [2.05, 4.69) is 42.7 Å². The lowest BCUT2D eigenvalue weighted by Gasteiger charge is -2.17. The average Bonchev–Trinajstić information content (AvgIpc) is 3.01. The molecule has 0 aliphatic carbocycles. The van der Waals surface area contributed by atoms with Gasteiger partial charge in [0.05, 0.1) is 44.7 Å². The summed E-state index contributed by atoms with van der Waals surface area (Å²) in [7, 11) is 3.17. The first-order valence-electron chi connectivity index (χ1n) is 14.5. The number of hydrogen-bond donors (Lipinski definition) is 5. The normalized spacial score (nSPS) is 11.8. The Hall–Kier alpha value is -4.35. The summed E-state index contributed by atoms with van der Waals surface area (Å²) in [5, 5.41) is 34.0. The summed E-state index contributed by atoms with van der Waals surface area (Å²) in [4.78, 5) is 20.4. The van der Waals surface area contributed by atoms with Gasteiger partial charge in [0.1, 0.15) is 0 Å². The van der Waals surface area contributed by atoms with Crippen LogP contribution < -0.4 is 20.1 Å². The van der Waals surface area contributed by atoms with Gasteiger partial charge in [-0.05, 0) is 48.2 Å². The highest BCUT2D eigenvalue weighted by atomic mass is 16.5. The third-order valence-electron chi connectivity index (χ3n) is 7.48. The third kappa shape index (κ3) is 7.78. The molecule has 10 heteroatoms. The fourth-order valence-electron chi connectivity index (χ4n) is 5.22. The van der Waals surface area contributed by atoms with Crippen molar-refractivity contribution in [1.29, 1.82) is 0 Å². The van der Waals surface area contributed by atoms with Gasteiger partial charge in [0.2, 0.25) is 11.8 Å². The highest BCUT2D eigenvalue weighted by molar-refractivity contribution is 5.82. The highest BCUT2D eigenvalue weighted by Crippen LogP contribution is 2.37. The summed E-state index contributed by atoms with van der Waals surface area (Å²) in [6, 6.07) is 20.2. The van der Waals surface area contributed by atoms with Crippen LogP contribution >= 0.6 is 0 Å². The van der Waals surface area contributed by atoms with Gasteiger partial charge in [0, 0.05) is 48.4 Å². The number of carboxylic acids is 1. The van der Waals surface area contributed by atoms with Crippen molar-refractivity contribution in [1.82, 2.24) is 20.6 Å². The standard InChI is InChI=1S/C34H40N4O6/c1-21-26(7-5-9-28(21)30-13-11-23(18-35-15-16-39)33(37-30)43-3)27-8-6-10-29(22(27)2)31-14-12-24(34(38-31)44-4)19-36-20-25(40)17-32(41)42/h5-14,25,35-36,39-40H,15-20H2,1-4H3,(H,41,42)/t25-/m0/s1. The zero-order chi connectivity index (χ0) is 31.6. The number of aromatic nitrogens is 2. The summed E-state index contributed by atoms with van der Waals surface area (Å²) in [5.74, 6) is -0.0382. The van der Waals surface area contributed by atoms with Crippen LogP contribution in [0.1, 0.15) is 28.7 Å². The van der Waals surface area contributed by atoms with Crippen molar-refractivity contribution in [3.63, 3.8) is 0 Å². The Labute approximate surface area is 257 Å². The van der Waals surface area contributed by atoms with Crippen LogP contribution in [0.5, 0.6) is 11.8 Å². The van der Waals surface area contributed by atoms with Crippen molar-refractivity contribution < 1.29 is 29.6 Å². The van der Waals surface area contributed by atoms with Gasteiger partial charge in [0.15, 0.2) is 0 Å². The van der Waals surface area contributed by atoms with Gasteiger partial charge in [0.25, 0.3) is 0 Å². The van der Waals surface area contributed by atoms with Crippen LogP contribution in [0.3, 0.4) is 0 Å². The number of aliphatic carboxylic acids is 1. The van der Waals surface area contributed by atoms with Crippen molar-refractivity contribution in [3.05, 3.63) is 82.9 Å². The maximum absolute atomic E-state index is 10.8. The molecule has 0 radical (unpaired) electrons. The maximum Gasteiger partial charge on any atom is 0.306 e. The summed E-state index contributed by atoms with van der Waals surface area (Å²) < 4.78 is 11.2. The van der Waals surface area contributed by atoms with Crippen LogP contribution in [-0.4, -0.2) is 71.3 Å². The van der Waals surface area contributed by atoms with Crippen molar-refractivity contribution in [2.24, 2.45) is 0 Å². The topological polar surface area (TPSA) is 146 Å². The zero-order valence-corrected chi connectivity index (χ0v) is 25.6. The Bertz CT molecular complexity index is 1590. The summed E-state index contributed by atoms with van der Waals surface area (Å²) in [6.45, 7) is 5.81. The van der Waals surface area contributed by atoms with E-state index in [1.165, 1.54) is 0 Å². The quantitative estimate of drug-likeness (QED) is 0.126. The van der Waals surface area contributed by atoms with Gasteiger partial charge >= 0.3 is 5.97 Å². The number of pyridine rings is 2. The van der Waals surface area contributed by atoms with E-state index in [0.29, 0.717) is 31.4 Å². The lowest BCUT2D eigenvalue weighted by atomic mass is 9.89. The predicted octanol–water partition coefficient (Wildman–Crippen LogP) is 4.12. The molecule has 0 spiro atoms. The number of hydrogen-bond acceptors (Lipinski definition) is 9. The van der Waals surface area contributed by atoms with Crippen molar-refractivity contribution >= 4 is 5.97 Å². The summed E-state index contributed by atoms with van der Waals surface area (Å²) in [5.41, 5.74) is 9.60. The maximum atomic E-state index is 10.8. The minimum absolute atomic E-state index is 0.0657. The molecule has 0 saturated heterocycles. The largest absolute Gasteiger partial charge is 0.481 e. The number of nitrogens with one attached hydrogen (secondary N) is 2. The molecule has 4 aromatic rings. The first-order valence-corrected chi connectivity index (χ1v) is 14.5. The van der Waals surface area contributed by atoms with E-state index >= 15 is 0 Å². The molecule has 0 aliphatic heterocycles. The Balaban J connectivity index is 1.62. The molecule has 0 amide bonds. The van der Waals surface area contributed by atoms with E-state index in [4.69, 9.17) is 29.7 Å². The number of benzene rings is 2. The molecule has 44 heavy (non-hydrogen) atoms. The van der Waals surface area contributed by atoms with E-state index in [1.54, 1.807) is 14.2 Å². The van der Waals surface area contributed by atoms with Crippen molar-refractivity contribution in [2.75, 3.05) is 33.9 Å². The second kappa shape index (κ2) is 15.4. The smallest absolute Gasteiger partial charge is 0.306 e. The zero-order valence-electron chi connectivity index (χ0n) is 25.6. The lowest BCUT2D eigenvalue weighted by molar-refractivity contribution is -0.139. The molecule has 2 aromatic heterocycles. The number of carbonyl (C=O) groups is 1. The molecule has 2 aromatic carbocycles. The number of carboxylic acid groups (broad SMARTS) is 1. The molecule has 0 aliphatic rings. The molecule has 1 atom stereocenters. The van der Waals surface area contributed by atoms with Crippen molar-refractivity contribution in [2.45, 2.75) is 39.5 Å². The lowest BCUT2D eigenvalue weighted by Crippen LogP contribution is -2.28. The van der Waals surface area contributed by atoms with E-state index < -0.39 is 12.1 Å². The van der Waals surface area contributed by atoms with Crippen LogP contribution in [0, 0.1) is 13.8 Å². The number of rotatable bonds is 15. The van der Waals surface area contributed by atoms with Gasteiger partial charge < -0.3 is 35.4 Å². The molecule has 2 heterocycles. The molecule has 232 valence electrons. The molecular weight excluding hydrogens is 560 g/mol. The van der Waals surface area contributed by atoms with Gasteiger partial charge in [-0.15, -0.1) is 0 Å². The molecule has 5 N–H and O–H groups in total. The molecule has 0 bridgehead atoms. The molecule has 0 unspecified atom stereocenters. The second-order valence-electron chi connectivity index (χ2n) is 10.5. The van der Waals surface area contributed by atoms with Crippen LogP contribution in [0.25, 0.3) is 33.6 Å². The van der Waals surface area contributed by atoms with Gasteiger partial charge in [-0.25, -0.2) is 9.97 Å². The van der Waals surface area contributed by atoms with Crippen LogP contribution in [0.2, 0.25) is 0 Å². The number of methoxy groups -OCH3 is 2. The molecule has 4 rings (SSSR count). The molecule has 0 fully saturated rings. The molecule has 10 nitrogen and oxygen atoms in total. The van der Waals surface area contributed by atoms with E-state index in [1.807, 2.05) is 42.5 Å². The SMILES string of the molecule is COc1nc(-c2cccc(-c3cccc(-c4ccc(CNC[C@@H](O)CC(=O)O)c(OC)n4)c3C)c2C)ccc1CNCCO. The predicted molar refractivity (Wildman–Crippen MR) is 170 cm³/mol. The van der Waals surface area contributed by atoms with Crippen LogP contribution in [0.4, 0.5) is 0 Å². The molecule has 0 saturated carbocycles. The Kier molecular flexibility index (Phi) is 11.4. The van der Waals surface area contributed by atoms with Gasteiger partial charge in [-0.2, -0.15) is 0 Å². The highest BCUT2D eigenvalue weighted by Gasteiger charge is 2.17. The van der Waals surface area contributed by atoms with E-state index in [-0.39, 0.29) is 19.6 Å². The fourth-order valence-corrected chi connectivity index (χ4v) is 5.22. The Morgan fingerprint density at radius 2 is 1.25 bits per heavy atom. The summed E-state index contributed by atoms with van der Waals surface area (Å²) >= 11 is 0. The Morgan fingerprint density at radius 1 is 0.773 bits per heavy atom. The average molecular weight is 601 g/mol. The fraction of sp³-hybridized carbons (Fsp3) is 0.324. The minimum Gasteiger partial charge on any atom is -0.481 e. The number of aliphatic hydroxyl groups is 2. The minimum atomic E-state index is -1.04.